The maximum atomic E-state index is 5.38. The Labute approximate surface area is 115 Å². The van der Waals surface area contributed by atoms with Crippen molar-refractivity contribution in [3.63, 3.8) is 0 Å². The summed E-state index contributed by atoms with van der Waals surface area (Å²) < 4.78 is 5.38. The first-order valence-corrected chi connectivity index (χ1v) is 7.49. The van der Waals surface area contributed by atoms with E-state index < -0.39 is 0 Å². The van der Waals surface area contributed by atoms with Crippen LogP contribution in [0.15, 0.2) is 24.3 Å². The van der Waals surface area contributed by atoms with Crippen LogP contribution in [0, 0.1) is 5.92 Å². The zero-order valence-electron chi connectivity index (χ0n) is 11.6. The highest BCUT2D eigenvalue weighted by molar-refractivity contribution is 5.22. The van der Waals surface area contributed by atoms with Gasteiger partial charge in [0.15, 0.2) is 0 Å². The summed E-state index contributed by atoms with van der Waals surface area (Å²) in [5.74, 6) is 0.959. The lowest BCUT2D eigenvalue weighted by atomic mass is 10.1. The highest BCUT2D eigenvalue weighted by Crippen LogP contribution is 2.27. The monoisotopic (exact) mass is 260 g/mol. The van der Waals surface area contributed by atoms with Gasteiger partial charge in [0.05, 0.1) is 13.2 Å². The van der Waals surface area contributed by atoms with Gasteiger partial charge >= 0.3 is 0 Å². The fourth-order valence-corrected chi connectivity index (χ4v) is 2.52. The van der Waals surface area contributed by atoms with Crippen LogP contribution < -0.4 is 5.32 Å². The first-order chi connectivity index (χ1) is 9.40. The van der Waals surface area contributed by atoms with Crippen molar-refractivity contribution < 1.29 is 4.74 Å². The Bertz CT molecular complexity index is 380. The maximum absolute atomic E-state index is 5.38. The molecule has 0 amide bonds. The number of nitrogens with zero attached hydrogens (tertiary/aromatic N) is 1. The van der Waals surface area contributed by atoms with E-state index in [4.69, 9.17) is 4.74 Å². The number of rotatable bonds is 6. The summed E-state index contributed by atoms with van der Waals surface area (Å²) in [6.45, 7) is 7.13. The minimum absolute atomic E-state index is 0.878. The summed E-state index contributed by atoms with van der Waals surface area (Å²) in [6, 6.07) is 9.05. The Kier molecular flexibility index (Phi) is 4.49. The van der Waals surface area contributed by atoms with Crippen LogP contribution in [0.5, 0.6) is 0 Å². The second kappa shape index (κ2) is 6.51. The van der Waals surface area contributed by atoms with Gasteiger partial charge in [-0.2, -0.15) is 0 Å². The molecule has 1 N–H and O–H groups in total. The molecule has 0 atom stereocenters. The van der Waals surface area contributed by atoms with Crippen LogP contribution in [0.25, 0.3) is 0 Å². The minimum atomic E-state index is 0.878. The summed E-state index contributed by atoms with van der Waals surface area (Å²) >= 11 is 0. The zero-order chi connectivity index (χ0) is 12.9. The molecule has 1 saturated heterocycles. The van der Waals surface area contributed by atoms with E-state index in [9.17, 15) is 0 Å². The van der Waals surface area contributed by atoms with Crippen molar-refractivity contribution in [3.8, 4) is 0 Å². The molecule has 0 unspecified atom stereocenters. The molecule has 19 heavy (non-hydrogen) atoms. The third-order valence-corrected chi connectivity index (χ3v) is 3.99. The van der Waals surface area contributed by atoms with E-state index in [1.807, 2.05) is 0 Å². The van der Waals surface area contributed by atoms with Gasteiger partial charge < -0.3 is 10.1 Å². The van der Waals surface area contributed by atoms with Crippen LogP contribution >= 0.6 is 0 Å². The van der Waals surface area contributed by atoms with E-state index in [-0.39, 0.29) is 0 Å². The number of hydrogen-bond donors (Lipinski definition) is 1. The molecule has 2 aliphatic rings. The number of benzene rings is 1. The third-order valence-electron chi connectivity index (χ3n) is 3.99. The van der Waals surface area contributed by atoms with E-state index in [0.717, 1.165) is 45.3 Å². The Balaban J connectivity index is 1.44. The predicted molar refractivity (Wildman–Crippen MR) is 77.0 cm³/mol. The predicted octanol–water partition coefficient (Wildman–Crippen LogP) is 2.02. The van der Waals surface area contributed by atoms with Crippen LogP contribution in [0.1, 0.15) is 24.0 Å². The van der Waals surface area contributed by atoms with Crippen molar-refractivity contribution in [2.24, 2.45) is 5.92 Å². The molecule has 1 saturated carbocycles. The first kappa shape index (κ1) is 13.1. The van der Waals surface area contributed by atoms with Crippen molar-refractivity contribution in [2.45, 2.75) is 25.9 Å². The zero-order valence-corrected chi connectivity index (χ0v) is 11.6. The van der Waals surface area contributed by atoms with Gasteiger partial charge in [0.2, 0.25) is 0 Å². The average molecular weight is 260 g/mol. The Morgan fingerprint density at radius 2 is 1.74 bits per heavy atom. The molecule has 0 radical (unpaired) electrons. The van der Waals surface area contributed by atoms with E-state index in [1.165, 1.54) is 30.5 Å². The Hall–Kier alpha value is -0.900. The van der Waals surface area contributed by atoms with Crippen LogP contribution in [-0.4, -0.2) is 37.7 Å². The molecule has 1 aliphatic carbocycles. The fourth-order valence-electron chi connectivity index (χ4n) is 2.52. The standard InChI is InChI=1S/C16H24N2O/c1-2-14(1)11-17-12-15-3-5-16(6-4-15)13-18-7-9-19-10-8-18/h3-6,14,17H,1-2,7-13H2. The Morgan fingerprint density at radius 1 is 1.05 bits per heavy atom. The minimum Gasteiger partial charge on any atom is -0.379 e. The molecule has 3 rings (SSSR count). The quantitative estimate of drug-likeness (QED) is 0.847. The van der Waals surface area contributed by atoms with Gasteiger partial charge in [0.25, 0.3) is 0 Å². The number of morpholine rings is 1. The van der Waals surface area contributed by atoms with Crippen molar-refractivity contribution in [1.29, 1.82) is 0 Å². The average Bonchev–Trinajstić information content (AvgIpc) is 3.26. The van der Waals surface area contributed by atoms with E-state index in [1.54, 1.807) is 0 Å². The van der Waals surface area contributed by atoms with Gasteiger partial charge in [-0.05, 0) is 36.4 Å². The maximum Gasteiger partial charge on any atom is 0.0594 e. The number of hydrogen-bond acceptors (Lipinski definition) is 3. The molecule has 104 valence electrons. The van der Waals surface area contributed by atoms with Crippen LogP contribution in [0.3, 0.4) is 0 Å². The van der Waals surface area contributed by atoms with E-state index in [2.05, 4.69) is 34.5 Å². The summed E-state index contributed by atoms with van der Waals surface area (Å²) in [7, 11) is 0. The first-order valence-electron chi connectivity index (χ1n) is 7.49. The van der Waals surface area contributed by atoms with Gasteiger partial charge in [-0.15, -0.1) is 0 Å². The SMILES string of the molecule is c1cc(CN2CCOCC2)ccc1CNCC1CC1. The molecule has 2 fully saturated rings. The molecule has 0 spiro atoms. The van der Waals surface area contributed by atoms with Crippen molar-refractivity contribution >= 4 is 0 Å². The Morgan fingerprint density at radius 3 is 2.42 bits per heavy atom. The van der Waals surface area contributed by atoms with Gasteiger partial charge in [-0.25, -0.2) is 0 Å². The summed E-state index contributed by atoms with van der Waals surface area (Å²) in [6.07, 6.45) is 2.84. The highest BCUT2D eigenvalue weighted by atomic mass is 16.5. The van der Waals surface area contributed by atoms with Crippen LogP contribution in [0.2, 0.25) is 0 Å². The molecular weight excluding hydrogens is 236 g/mol. The summed E-state index contributed by atoms with van der Waals surface area (Å²) in [5.41, 5.74) is 2.80. The normalized spacial score (nSPS) is 20.6. The van der Waals surface area contributed by atoms with Gasteiger partial charge in [-0.1, -0.05) is 24.3 Å². The molecule has 1 heterocycles. The molecule has 3 nitrogen and oxygen atoms in total. The van der Waals surface area contributed by atoms with Crippen molar-refractivity contribution in [1.82, 2.24) is 10.2 Å². The lowest BCUT2D eigenvalue weighted by Gasteiger charge is -2.26. The number of nitrogens with one attached hydrogen (secondary N) is 1. The van der Waals surface area contributed by atoms with Crippen molar-refractivity contribution in [3.05, 3.63) is 35.4 Å². The van der Waals surface area contributed by atoms with E-state index in [0.29, 0.717) is 0 Å². The third kappa shape index (κ3) is 4.30. The topological polar surface area (TPSA) is 24.5 Å². The van der Waals surface area contributed by atoms with Crippen molar-refractivity contribution in [2.75, 3.05) is 32.8 Å². The molecular formula is C16H24N2O. The lowest BCUT2D eigenvalue weighted by Crippen LogP contribution is -2.35. The van der Waals surface area contributed by atoms with Crippen LogP contribution in [-0.2, 0) is 17.8 Å². The lowest BCUT2D eigenvalue weighted by molar-refractivity contribution is 0.0342. The molecule has 3 heteroatoms. The van der Waals surface area contributed by atoms with E-state index >= 15 is 0 Å². The summed E-state index contributed by atoms with van der Waals surface area (Å²) in [4.78, 5) is 2.46. The summed E-state index contributed by atoms with van der Waals surface area (Å²) in [5, 5.41) is 3.54. The molecule has 0 bridgehead atoms. The number of ether oxygens (including phenoxy) is 1. The van der Waals surface area contributed by atoms with Gasteiger partial charge in [-0.3, -0.25) is 4.90 Å². The molecule has 1 aliphatic heterocycles. The molecule has 1 aromatic rings. The van der Waals surface area contributed by atoms with Gasteiger partial charge in [0.1, 0.15) is 0 Å². The second-order valence-corrected chi connectivity index (χ2v) is 5.78. The van der Waals surface area contributed by atoms with Gasteiger partial charge in [0, 0.05) is 26.2 Å². The largest absolute Gasteiger partial charge is 0.379 e. The highest BCUT2D eigenvalue weighted by Gasteiger charge is 2.20. The molecule has 0 aromatic heterocycles. The second-order valence-electron chi connectivity index (χ2n) is 5.78. The smallest absolute Gasteiger partial charge is 0.0594 e. The van der Waals surface area contributed by atoms with Crippen LogP contribution in [0.4, 0.5) is 0 Å². The fraction of sp³-hybridized carbons (Fsp3) is 0.625. The molecule has 1 aromatic carbocycles.